The molecule has 2 amide bonds. The summed E-state index contributed by atoms with van der Waals surface area (Å²) < 4.78 is 0. The number of carbonyl (C=O) groups is 2. The predicted octanol–water partition coefficient (Wildman–Crippen LogP) is 4.02. The van der Waals surface area contributed by atoms with Crippen molar-refractivity contribution in [3.8, 4) is 0 Å². The Labute approximate surface area is 125 Å². The first kappa shape index (κ1) is 15.2. The van der Waals surface area contributed by atoms with Crippen LogP contribution in [0.15, 0.2) is 42.5 Å². The first-order chi connectivity index (χ1) is 10.1. The highest BCUT2D eigenvalue weighted by atomic mass is 16.2. The smallest absolute Gasteiger partial charge is 0.261 e. The highest BCUT2D eigenvalue weighted by Crippen LogP contribution is 2.26. The Morgan fingerprint density at radius 3 is 2.33 bits per heavy atom. The van der Waals surface area contributed by atoms with E-state index >= 15 is 0 Å². The first-order valence-corrected chi connectivity index (χ1v) is 7.34. The molecule has 2 rings (SSSR count). The van der Waals surface area contributed by atoms with Crippen LogP contribution in [-0.2, 0) is 4.79 Å². The molecule has 3 heteroatoms. The number of rotatable bonds is 5. The van der Waals surface area contributed by atoms with Crippen molar-refractivity contribution in [2.24, 2.45) is 0 Å². The number of hydrogen-bond donors (Lipinski definition) is 0. The van der Waals surface area contributed by atoms with Crippen molar-refractivity contribution in [1.29, 1.82) is 0 Å². The van der Waals surface area contributed by atoms with Gasteiger partial charge in [0.2, 0.25) is 6.41 Å². The van der Waals surface area contributed by atoms with Crippen LogP contribution in [0.5, 0.6) is 0 Å². The Hall–Kier alpha value is -2.16. The van der Waals surface area contributed by atoms with Gasteiger partial charge in [0.05, 0.1) is 0 Å². The average molecular weight is 283 g/mol. The number of benzene rings is 2. The molecule has 0 aromatic heterocycles. The monoisotopic (exact) mass is 283 g/mol. The molecule has 110 valence electrons. The molecule has 3 nitrogen and oxygen atoms in total. The molecule has 0 aliphatic carbocycles. The van der Waals surface area contributed by atoms with Crippen LogP contribution in [0.3, 0.4) is 0 Å². The van der Waals surface area contributed by atoms with Crippen molar-refractivity contribution in [2.45, 2.75) is 39.2 Å². The molecular weight excluding hydrogens is 262 g/mol. The predicted molar refractivity (Wildman–Crippen MR) is 85.2 cm³/mol. The lowest BCUT2D eigenvalue weighted by molar-refractivity contribution is -0.120. The van der Waals surface area contributed by atoms with Crippen LogP contribution in [0.2, 0.25) is 0 Å². The van der Waals surface area contributed by atoms with Gasteiger partial charge >= 0.3 is 0 Å². The summed E-state index contributed by atoms with van der Waals surface area (Å²) in [5, 5.41) is 1.88. The number of hydrogen-bond acceptors (Lipinski definition) is 2. The summed E-state index contributed by atoms with van der Waals surface area (Å²) >= 11 is 0. The number of carbonyl (C=O) groups excluding carboxylic acids is 2. The topological polar surface area (TPSA) is 37.4 Å². The maximum Gasteiger partial charge on any atom is 0.261 e. The molecule has 2 aromatic rings. The van der Waals surface area contributed by atoms with Gasteiger partial charge in [0.15, 0.2) is 0 Å². The SMILES string of the molecule is CCC(C)(CC)N(C=O)C(=O)c1cccc2ccccc12. The molecule has 0 aliphatic heterocycles. The van der Waals surface area contributed by atoms with E-state index in [4.69, 9.17) is 0 Å². The number of amides is 2. The zero-order valence-corrected chi connectivity index (χ0v) is 12.8. The molecule has 0 bridgehead atoms. The quantitative estimate of drug-likeness (QED) is 0.777. The van der Waals surface area contributed by atoms with Crippen LogP contribution < -0.4 is 0 Å². The molecule has 0 saturated heterocycles. The van der Waals surface area contributed by atoms with E-state index in [1.165, 1.54) is 4.90 Å². The van der Waals surface area contributed by atoms with Gasteiger partial charge in [0.25, 0.3) is 5.91 Å². The molecule has 0 heterocycles. The number of imide groups is 1. The Morgan fingerprint density at radius 1 is 1.10 bits per heavy atom. The van der Waals surface area contributed by atoms with E-state index in [1.54, 1.807) is 6.07 Å². The van der Waals surface area contributed by atoms with Gasteiger partial charge in [-0.1, -0.05) is 50.2 Å². The summed E-state index contributed by atoms with van der Waals surface area (Å²) in [6.07, 6.45) is 2.13. The maximum atomic E-state index is 12.8. The van der Waals surface area contributed by atoms with Crippen LogP contribution in [-0.4, -0.2) is 22.8 Å². The third kappa shape index (κ3) is 2.68. The molecule has 0 atom stereocenters. The Balaban J connectivity index is 2.53. The van der Waals surface area contributed by atoms with E-state index in [2.05, 4.69) is 0 Å². The third-order valence-corrected chi connectivity index (χ3v) is 4.45. The van der Waals surface area contributed by atoms with Crippen molar-refractivity contribution in [3.05, 3.63) is 48.0 Å². The maximum absolute atomic E-state index is 12.8. The van der Waals surface area contributed by atoms with Crippen molar-refractivity contribution in [3.63, 3.8) is 0 Å². The van der Waals surface area contributed by atoms with Crippen LogP contribution in [0.1, 0.15) is 44.0 Å². The summed E-state index contributed by atoms with van der Waals surface area (Å²) in [7, 11) is 0. The van der Waals surface area contributed by atoms with E-state index < -0.39 is 5.54 Å². The standard InChI is InChI=1S/C18H21NO2/c1-4-18(3,5-2)19(13-20)17(21)16-12-8-10-14-9-6-7-11-15(14)16/h6-13H,4-5H2,1-3H3. The lowest BCUT2D eigenvalue weighted by Gasteiger charge is -2.36. The molecule has 21 heavy (non-hydrogen) atoms. The van der Waals surface area contributed by atoms with Gasteiger partial charge in [0.1, 0.15) is 0 Å². The second-order valence-corrected chi connectivity index (χ2v) is 5.51. The minimum absolute atomic E-state index is 0.229. The van der Waals surface area contributed by atoms with Crippen LogP contribution >= 0.6 is 0 Å². The van der Waals surface area contributed by atoms with Crippen LogP contribution in [0.4, 0.5) is 0 Å². The Bertz CT molecular complexity index is 654. The summed E-state index contributed by atoms with van der Waals surface area (Å²) in [4.78, 5) is 25.7. The second-order valence-electron chi connectivity index (χ2n) is 5.51. The third-order valence-electron chi connectivity index (χ3n) is 4.45. The van der Waals surface area contributed by atoms with Crippen molar-refractivity contribution in [1.82, 2.24) is 4.90 Å². The van der Waals surface area contributed by atoms with E-state index in [1.807, 2.05) is 57.2 Å². The van der Waals surface area contributed by atoms with Crippen LogP contribution in [0.25, 0.3) is 10.8 Å². The van der Waals surface area contributed by atoms with Gasteiger partial charge in [-0.2, -0.15) is 0 Å². The number of nitrogens with zero attached hydrogens (tertiary/aromatic N) is 1. The first-order valence-electron chi connectivity index (χ1n) is 7.34. The van der Waals surface area contributed by atoms with Gasteiger partial charge in [-0.25, -0.2) is 0 Å². The molecule has 2 aromatic carbocycles. The Morgan fingerprint density at radius 2 is 1.71 bits per heavy atom. The molecular formula is C18H21NO2. The highest BCUT2D eigenvalue weighted by molar-refractivity contribution is 6.10. The van der Waals surface area contributed by atoms with E-state index in [0.29, 0.717) is 12.0 Å². The Kier molecular flexibility index (Phi) is 4.41. The molecule has 0 N–H and O–H groups in total. The van der Waals surface area contributed by atoms with Crippen molar-refractivity contribution >= 4 is 23.1 Å². The van der Waals surface area contributed by atoms with Crippen LogP contribution in [0, 0.1) is 0 Å². The molecule has 0 spiro atoms. The fraction of sp³-hybridized carbons (Fsp3) is 0.333. The van der Waals surface area contributed by atoms with Gasteiger partial charge in [-0.05, 0) is 36.6 Å². The lowest BCUT2D eigenvalue weighted by Crippen LogP contribution is -2.48. The van der Waals surface area contributed by atoms with Crippen molar-refractivity contribution < 1.29 is 9.59 Å². The fourth-order valence-corrected chi connectivity index (χ4v) is 2.55. The largest absolute Gasteiger partial charge is 0.278 e. The highest BCUT2D eigenvalue weighted by Gasteiger charge is 2.33. The van der Waals surface area contributed by atoms with E-state index in [9.17, 15) is 9.59 Å². The van der Waals surface area contributed by atoms with Gasteiger partial charge in [-0.15, -0.1) is 0 Å². The minimum Gasteiger partial charge on any atom is -0.278 e. The summed E-state index contributed by atoms with van der Waals surface area (Å²) in [6.45, 7) is 5.94. The minimum atomic E-state index is -0.449. The lowest BCUT2D eigenvalue weighted by atomic mass is 9.92. The summed E-state index contributed by atoms with van der Waals surface area (Å²) in [5.41, 5.74) is 0.129. The summed E-state index contributed by atoms with van der Waals surface area (Å²) in [5.74, 6) is -0.229. The molecule has 0 radical (unpaired) electrons. The second kappa shape index (κ2) is 6.08. The summed E-state index contributed by atoms with van der Waals surface area (Å²) in [6, 6.07) is 13.3. The van der Waals surface area contributed by atoms with Gasteiger partial charge in [0, 0.05) is 11.1 Å². The normalized spacial score (nSPS) is 11.4. The average Bonchev–Trinajstić information content (AvgIpc) is 2.54. The molecule has 0 aliphatic rings. The van der Waals surface area contributed by atoms with E-state index in [-0.39, 0.29) is 5.91 Å². The fourth-order valence-electron chi connectivity index (χ4n) is 2.55. The molecule has 0 saturated carbocycles. The van der Waals surface area contributed by atoms with Crippen molar-refractivity contribution in [2.75, 3.05) is 0 Å². The zero-order valence-electron chi connectivity index (χ0n) is 12.8. The number of fused-ring (bicyclic) bond motifs is 1. The zero-order chi connectivity index (χ0) is 15.5. The molecule has 0 fully saturated rings. The molecule has 0 unspecified atom stereocenters. The van der Waals surface area contributed by atoms with Gasteiger partial charge in [-0.3, -0.25) is 14.5 Å². The van der Waals surface area contributed by atoms with Gasteiger partial charge < -0.3 is 0 Å². The van der Waals surface area contributed by atoms with E-state index in [0.717, 1.165) is 23.6 Å².